The molecule has 3 rings (SSSR count). The first-order valence-electron chi connectivity index (χ1n) is 9.20. The van der Waals surface area contributed by atoms with Crippen molar-refractivity contribution < 1.29 is 19.0 Å². The van der Waals surface area contributed by atoms with Gasteiger partial charge < -0.3 is 14.2 Å². The normalized spacial score (nSPS) is 11.1. The van der Waals surface area contributed by atoms with Crippen molar-refractivity contribution >= 4 is 50.6 Å². The summed E-state index contributed by atoms with van der Waals surface area (Å²) in [6.07, 6.45) is 1.99. The van der Waals surface area contributed by atoms with Crippen molar-refractivity contribution in [3.05, 3.63) is 61.6 Å². The number of ether oxygens (including phenoxy) is 3. The number of fused-ring (bicyclic) bond motifs is 1. The Hall–Kier alpha value is -2.91. The lowest BCUT2D eigenvalue weighted by molar-refractivity contribution is -0.142. The van der Waals surface area contributed by atoms with E-state index in [-0.39, 0.29) is 22.9 Å². The number of aromatic nitrogens is 2. The molecule has 0 saturated carbocycles. The fraction of sp³-hybridized carbons (Fsp3) is 0.238. The monoisotopic (exact) mass is 507 g/mol. The molecule has 0 atom stereocenters. The predicted molar refractivity (Wildman–Crippen MR) is 122 cm³/mol. The fourth-order valence-corrected chi connectivity index (χ4v) is 3.45. The van der Waals surface area contributed by atoms with Crippen LogP contribution >= 0.6 is 27.5 Å². The van der Waals surface area contributed by atoms with E-state index < -0.39 is 5.97 Å². The predicted octanol–water partition coefficient (Wildman–Crippen LogP) is 3.82. The highest BCUT2D eigenvalue weighted by atomic mass is 79.9. The van der Waals surface area contributed by atoms with E-state index in [0.717, 1.165) is 4.47 Å². The van der Waals surface area contributed by atoms with Crippen molar-refractivity contribution in [3.63, 3.8) is 0 Å². The van der Waals surface area contributed by atoms with Crippen LogP contribution in [-0.2, 0) is 16.0 Å². The summed E-state index contributed by atoms with van der Waals surface area (Å²) in [4.78, 5) is 28.8. The molecule has 0 fully saturated rings. The van der Waals surface area contributed by atoms with Crippen LogP contribution in [0.4, 0.5) is 0 Å². The van der Waals surface area contributed by atoms with Crippen LogP contribution < -0.4 is 15.0 Å². The third-order valence-corrected chi connectivity index (χ3v) is 5.10. The Morgan fingerprint density at radius 2 is 2.06 bits per heavy atom. The number of carbonyl (C=O) groups excluding carboxylic acids is 1. The summed E-state index contributed by atoms with van der Waals surface area (Å²) >= 11 is 9.68. The van der Waals surface area contributed by atoms with Crippen LogP contribution in [0.5, 0.6) is 11.5 Å². The lowest BCUT2D eigenvalue weighted by Gasteiger charge is -2.12. The number of nitrogens with zero attached hydrogens (tertiary/aromatic N) is 3. The molecule has 162 valence electrons. The van der Waals surface area contributed by atoms with Gasteiger partial charge >= 0.3 is 5.97 Å². The Kier molecular flexibility index (Phi) is 7.29. The van der Waals surface area contributed by atoms with Gasteiger partial charge in [0.05, 0.1) is 36.4 Å². The summed E-state index contributed by atoms with van der Waals surface area (Å²) in [6.45, 7) is 1.58. The largest absolute Gasteiger partial charge is 0.493 e. The summed E-state index contributed by atoms with van der Waals surface area (Å²) in [5, 5.41) is 5.00. The van der Waals surface area contributed by atoms with Gasteiger partial charge in [0.2, 0.25) is 0 Å². The molecular weight excluding hydrogens is 490 g/mol. The average molecular weight is 509 g/mol. The Morgan fingerprint density at radius 3 is 2.74 bits per heavy atom. The minimum atomic E-state index is -0.550. The second-order valence-corrected chi connectivity index (χ2v) is 7.63. The molecule has 0 N–H and O–H groups in total. The molecule has 31 heavy (non-hydrogen) atoms. The highest BCUT2D eigenvalue weighted by Gasteiger charge is 2.14. The van der Waals surface area contributed by atoms with E-state index in [1.165, 1.54) is 25.1 Å². The van der Waals surface area contributed by atoms with Crippen LogP contribution in [0.15, 0.2) is 44.7 Å². The third-order valence-electron chi connectivity index (χ3n) is 4.33. The molecule has 10 heteroatoms. The minimum absolute atomic E-state index is 0.204. The van der Waals surface area contributed by atoms with Crippen LogP contribution in [0.1, 0.15) is 18.3 Å². The van der Waals surface area contributed by atoms with E-state index in [4.69, 9.17) is 21.1 Å². The summed E-state index contributed by atoms with van der Waals surface area (Å²) < 4.78 is 17.3. The molecule has 0 aliphatic carbocycles. The molecule has 0 spiro atoms. The van der Waals surface area contributed by atoms with E-state index in [0.29, 0.717) is 34.5 Å². The van der Waals surface area contributed by atoms with Crippen molar-refractivity contribution in [1.82, 2.24) is 9.66 Å². The Labute approximate surface area is 191 Å². The first kappa shape index (κ1) is 22.8. The van der Waals surface area contributed by atoms with Crippen molar-refractivity contribution in [2.75, 3.05) is 20.8 Å². The topological polar surface area (TPSA) is 92.0 Å². The zero-order valence-corrected chi connectivity index (χ0v) is 19.4. The Bertz CT molecular complexity index is 1230. The van der Waals surface area contributed by atoms with Gasteiger partial charge in [-0.15, -0.1) is 0 Å². The van der Waals surface area contributed by atoms with Gasteiger partial charge in [-0.05, 0) is 35.9 Å². The minimum Gasteiger partial charge on any atom is -0.493 e. The van der Waals surface area contributed by atoms with E-state index in [1.807, 2.05) is 13.0 Å². The zero-order chi connectivity index (χ0) is 22.5. The molecule has 1 aromatic heterocycles. The molecule has 0 unspecified atom stereocenters. The number of halogens is 2. The number of aryl methyl sites for hydroxylation is 1. The van der Waals surface area contributed by atoms with Gasteiger partial charge in [0.25, 0.3) is 5.56 Å². The van der Waals surface area contributed by atoms with E-state index >= 15 is 0 Å². The molecule has 0 bridgehead atoms. The number of methoxy groups -OCH3 is 2. The maximum absolute atomic E-state index is 13.0. The van der Waals surface area contributed by atoms with Crippen LogP contribution in [0, 0.1) is 0 Å². The quantitative estimate of drug-likeness (QED) is 0.356. The molecule has 2 aromatic carbocycles. The smallest absolute Gasteiger partial charge is 0.343 e. The lowest BCUT2D eigenvalue weighted by atomic mass is 10.2. The first-order valence-corrected chi connectivity index (χ1v) is 10.4. The van der Waals surface area contributed by atoms with Crippen LogP contribution in [0.3, 0.4) is 0 Å². The van der Waals surface area contributed by atoms with Gasteiger partial charge in [0.15, 0.2) is 18.1 Å². The molecule has 3 aromatic rings. The van der Waals surface area contributed by atoms with Crippen LogP contribution in [0.2, 0.25) is 5.02 Å². The van der Waals surface area contributed by atoms with E-state index in [1.54, 1.807) is 24.3 Å². The van der Waals surface area contributed by atoms with Crippen LogP contribution in [0.25, 0.3) is 10.9 Å². The molecule has 0 radical (unpaired) electrons. The van der Waals surface area contributed by atoms with Gasteiger partial charge in [0, 0.05) is 10.9 Å². The first-order chi connectivity index (χ1) is 14.9. The molecule has 8 nitrogen and oxygen atoms in total. The van der Waals surface area contributed by atoms with Crippen molar-refractivity contribution in [2.45, 2.75) is 13.3 Å². The van der Waals surface area contributed by atoms with Crippen molar-refractivity contribution in [2.24, 2.45) is 5.10 Å². The third kappa shape index (κ3) is 5.05. The summed E-state index contributed by atoms with van der Waals surface area (Å²) in [6, 6.07) is 8.54. The summed E-state index contributed by atoms with van der Waals surface area (Å²) in [5.41, 5.74) is 0.888. The number of carbonyl (C=O) groups is 1. The Morgan fingerprint density at radius 1 is 1.29 bits per heavy atom. The van der Waals surface area contributed by atoms with Crippen LogP contribution in [-0.4, -0.2) is 42.7 Å². The maximum atomic E-state index is 13.0. The zero-order valence-electron chi connectivity index (χ0n) is 17.0. The number of benzene rings is 2. The number of rotatable bonds is 7. The van der Waals surface area contributed by atoms with Crippen molar-refractivity contribution in [3.8, 4) is 11.5 Å². The lowest BCUT2D eigenvalue weighted by Crippen LogP contribution is -2.22. The molecule has 0 amide bonds. The summed E-state index contributed by atoms with van der Waals surface area (Å²) in [5.74, 6) is 0.481. The van der Waals surface area contributed by atoms with Gasteiger partial charge in [-0.3, -0.25) is 4.79 Å². The highest BCUT2D eigenvalue weighted by Crippen LogP contribution is 2.36. The second-order valence-electron chi connectivity index (χ2n) is 6.30. The molecule has 0 aliphatic heterocycles. The van der Waals surface area contributed by atoms with Gasteiger partial charge in [-0.1, -0.05) is 34.5 Å². The molecular formula is C21H19BrClN3O5. The van der Waals surface area contributed by atoms with E-state index in [9.17, 15) is 9.59 Å². The molecule has 0 saturated heterocycles. The second kappa shape index (κ2) is 9.93. The van der Waals surface area contributed by atoms with Crippen molar-refractivity contribution in [1.29, 1.82) is 0 Å². The van der Waals surface area contributed by atoms with Gasteiger partial charge in [-0.25, -0.2) is 9.78 Å². The average Bonchev–Trinajstić information content (AvgIpc) is 2.77. The fourth-order valence-electron chi connectivity index (χ4n) is 2.81. The number of esters is 1. The van der Waals surface area contributed by atoms with E-state index in [2.05, 4.69) is 30.8 Å². The Balaban J connectivity index is 2.00. The molecule has 0 aliphatic rings. The standard InChI is InChI=1S/C21H19BrClN3O5/c1-4-18-25-16-6-5-13(22)9-14(16)21(28)26(18)24-10-12-7-15(23)20(17(8-12)29-2)31-11-19(27)30-3/h5-10H,4,11H2,1-3H3. The number of hydrogen-bond donors (Lipinski definition) is 0. The van der Waals surface area contributed by atoms with Gasteiger partial charge in [0.1, 0.15) is 5.82 Å². The number of hydrogen-bond acceptors (Lipinski definition) is 7. The highest BCUT2D eigenvalue weighted by molar-refractivity contribution is 9.10. The SMILES string of the molecule is CCc1nc2ccc(Br)cc2c(=O)n1N=Cc1cc(Cl)c(OCC(=O)OC)c(OC)c1. The molecule has 1 heterocycles. The maximum Gasteiger partial charge on any atom is 0.343 e. The summed E-state index contributed by atoms with van der Waals surface area (Å²) in [7, 11) is 2.71. The van der Waals surface area contributed by atoms with Gasteiger partial charge in [-0.2, -0.15) is 9.78 Å².